The summed E-state index contributed by atoms with van der Waals surface area (Å²) in [5.41, 5.74) is 1.45. The van der Waals surface area contributed by atoms with Crippen molar-refractivity contribution in [2.24, 2.45) is 0 Å². The third kappa shape index (κ3) is 2.98. The first-order valence-corrected chi connectivity index (χ1v) is 10.3. The van der Waals surface area contributed by atoms with E-state index in [0.717, 1.165) is 16.0 Å². The highest BCUT2D eigenvalue weighted by molar-refractivity contribution is 7.15. The van der Waals surface area contributed by atoms with Crippen molar-refractivity contribution < 1.29 is 24.2 Å². The van der Waals surface area contributed by atoms with Crippen LogP contribution in [0.25, 0.3) is 32.5 Å². The van der Waals surface area contributed by atoms with Crippen molar-refractivity contribution in [1.29, 1.82) is 0 Å². The smallest absolute Gasteiger partial charge is 0.339 e. The number of carbonyl (C=O) groups is 2. The minimum Gasteiger partial charge on any atom is -0.504 e. The molecule has 2 aromatic carbocycles. The molecule has 0 aliphatic carbocycles. The summed E-state index contributed by atoms with van der Waals surface area (Å²) in [5, 5.41) is 28.8. The molecule has 0 unspecified atom stereocenters. The maximum absolute atomic E-state index is 12.7. The Kier molecular flexibility index (Phi) is 4.23. The molecular weight excluding hydrogens is 426 g/mol. The molecule has 0 fully saturated rings. The van der Waals surface area contributed by atoms with Crippen LogP contribution in [0.15, 0.2) is 52.3 Å². The summed E-state index contributed by atoms with van der Waals surface area (Å²) < 4.78 is 10.4. The standard InChI is InChI=1S/C20H11N3O5S2/c24-13-3-1-2-9-7-14(28-17(9)13)11-8-29-19(16(11)20(26)27)21-18(25)10-4-5-15-12(6-10)22-23-30-15/h1-8,24H,(H,21,25)(H,26,27). The lowest BCUT2D eigenvalue weighted by Gasteiger charge is -2.05. The molecule has 10 heteroatoms. The molecule has 0 bridgehead atoms. The molecule has 30 heavy (non-hydrogen) atoms. The van der Waals surface area contributed by atoms with Crippen LogP contribution in [0.4, 0.5) is 5.00 Å². The van der Waals surface area contributed by atoms with E-state index in [2.05, 4.69) is 14.9 Å². The number of benzene rings is 2. The number of hydrogen-bond acceptors (Lipinski definition) is 8. The Labute approximate surface area is 176 Å². The highest BCUT2D eigenvalue weighted by Crippen LogP contribution is 2.39. The number of aromatic nitrogens is 2. The van der Waals surface area contributed by atoms with E-state index >= 15 is 0 Å². The molecule has 5 rings (SSSR count). The van der Waals surface area contributed by atoms with E-state index < -0.39 is 11.9 Å². The first-order chi connectivity index (χ1) is 14.5. The lowest BCUT2D eigenvalue weighted by atomic mass is 10.1. The molecule has 3 heterocycles. The molecule has 0 radical (unpaired) electrons. The number of para-hydroxylation sites is 1. The van der Waals surface area contributed by atoms with Crippen LogP contribution in [0.5, 0.6) is 5.75 Å². The molecule has 0 saturated heterocycles. The molecule has 8 nitrogen and oxygen atoms in total. The van der Waals surface area contributed by atoms with E-state index in [1.54, 1.807) is 41.8 Å². The zero-order chi connectivity index (χ0) is 20.8. The summed E-state index contributed by atoms with van der Waals surface area (Å²) >= 11 is 2.31. The van der Waals surface area contributed by atoms with Gasteiger partial charge in [-0.25, -0.2) is 4.79 Å². The summed E-state index contributed by atoms with van der Waals surface area (Å²) in [7, 11) is 0. The van der Waals surface area contributed by atoms with E-state index in [1.807, 2.05) is 0 Å². The number of aromatic carboxylic acids is 1. The van der Waals surface area contributed by atoms with Gasteiger partial charge in [-0.2, -0.15) is 0 Å². The van der Waals surface area contributed by atoms with Crippen molar-refractivity contribution in [1.82, 2.24) is 9.59 Å². The molecule has 3 aromatic heterocycles. The molecule has 5 aromatic rings. The third-order valence-electron chi connectivity index (χ3n) is 4.53. The van der Waals surface area contributed by atoms with Gasteiger partial charge in [-0.1, -0.05) is 16.6 Å². The second kappa shape index (κ2) is 6.94. The second-order valence-electron chi connectivity index (χ2n) is 6.37. The average Bonchev–Trinajstić information content (AvgIpc) is 3.45. The number of carboxylic acid groups (broad SMARTS) is 1. The van der Waals surface area contributed by atoms with Crippen LogP contribution in [-0.4, -0.2) is 31.7 Å². The molecule has 1 amide bonds. The fourth-order valence-corrected chi connectivity index (χ4v) is 4.60. The van der Waals surface area contributed by atoms with Crippen LogP contribution >= 0.6 is 22.9 Å². The summed E-state index contributed by atoms with van der Waals surface area (Å²) in [5.74, 6) is -1.41. The Bertz CT molecular complexity index is 1450. The van der Waals surface area contributed by atoms with Crippen molar-refractivity contribution in [2.45, 2.75) is 0 Å². The fraction of sp³-hybridized carbons (Fsp3) is 0. The number of aromatic hydroxyl groups is 1. The number of hydrogen-bond donors (Lipinski definition) is 3. The number of nitrogens with one attached hydrogen (secondary N) is 1. The Balaban J connectivity index is 1.52. The normalized spacial score (nSPS) is 11.2. The van der Waals surface area contributed by atoms with Gasteiger partial charge in [0.05, 0.1) is 4.70 Å². The van der Waals surface area contributed by atoms with Gasteiger partial charge in [-0.15, -0.1) is 16.4 Å². The number of fused-ring (bicyclic) bond motifs is 2. The minimum absolute atomic E-state index is 0.0358. The van der Waals surface area contributed by atoms with Crippen molar-refractivity contribution in [3.63, 3.8) is 0 Å². The third-order valence-corrected chi connectivity index (χ3v) is 6.13. The summed E-state index contributed by atoms with van der Waals surface area (Å²) in [6.07, 6.45) is 0. The largest absolute Gasteiger partial charge is 0.504 e. The topological polar surface area (TPSA) is 126 Å². The van der Waals surface area contributed by atoms with E-state index in [9.17, 15) is 19.8 Å². The van der Waals surface area contributed by atoms with E-state index in [0.29, 0.717) is 22.0 Å². The number of carbonyl (C=O) groups excluding carboxylic acids is 1. The Hall–Kier alpha value is -3.76. The van der Waals surface area contributed by atoms with Crippen LogP contribution in [-0.2, 0) is 0 Å². The van der Waals surface area contributed by atoms with Crippen molar-refractivity contribution in [3.8, 4) is 17.1 Å². The lowest BCUT2D eigenvalue weighted by molar-refractivity contribution is 0.0699. The molecule has 0 aliphatic heterocycles. The summed E-state index contributed by atoms with van der Waals surface area (Å²) in [6.45, 7) is 0. The van der Waals surface area contributed by atoms with Gasteiger partial charge < -0.3 is 19.9 Å². The predicted molar refractivity (Wildman–Crippen MR) is 114 cm³/mol. The number of furan rings is 1. The van der Waals surface area contributed by atoms with Gasteiger partial charge in [0.2, 0.25) is 0 Å². The van der Waals surface area contributed by atoms with E-state index in [-0.39, 0.29) is 27.7 Å². The van der Waals surface area contributed by atoms with Gasteiger partial charge >= 0.3 is 5.97 Å². The van der Waals surface area contributed by atoms with E-state index in [4.69, 9.17) is 4.42 Å². The van der Waals surface area contributed by atoms with Gasteiger partial charge in [0, 0.05) is 21.9 Å². The zero-order valence-corrected chi connectivity index (χ0v) is 16.6. The lowest BCUT2D eigenvalue weighted by Crippen LogP contribution is -2.13. The van der Waals surface area contributed by atoms with Crippen LogP contribution in [0.3, 0.4) is 0 Å². The Morgan fingerprint density at radius 2 is 2.00 bits per heavy atom. The molecule has 0 aliphatic rings. The van der Waals surface area contributed by atoms with Gasteiger partial charge in [0.25, 0.3) is 5.91 Å². The molecule has 0 atom stereocenters. The number of thiophene rings is 1. The predicted octanol–water partition coefficient (Wildman–Crippen LogP) is 4.82. The number of amides is 1. The van der Waals surface area contributed by atoms with Gasteiger partial charge in [0.1, 0.15) is 21.8 Å². The number of phenols is 1. The monoisotopic (exact) mass is 437 g/mol. The van der Waals surface area contributed by atoms with Gasteiger partial charge in [0.15, 0.2) is 11.3 Å². The molecule has 0 saturated carbocycles. The van der Waals surface area contributed by atoms with Crippen LogP contribution in [0.1, 0.15) is 20.7 Å². The molecular formula is C20H11N3O5S2. The summed E-state index contributed by atoms with van der Waals surface area (Å²) in [6, 6.07) is 11.5. The molecule has 0 spiro atoms. The maximum Gasteiger partial charge on any atom is 0.339 e. The molecule has 3 N–H and O–H groups in total. The first kappa shape index (κ1) is 18.3. The molecule has 148 valence electrons. The van der Waals surface area contributed by atoms with Gasteiger partial charge in [-0.05, 0) is 41.9 Å². The highest BCUT2D eigenvalue weighted by atomic mass is 32.1. The number of phenolic OH excluding ortho intramolecular Hbond substituents is 1. The summed E-state index contributed by atoms with van der Waals surface area (Å²) in [4.78, 5) is 24.7. The quantitative estimate of drug-likeness (QED) is 0.368. The number of nitrogens with zero attached hydrogens (tertiary/aromatic N) is 2. The fourth-order valence-electron chi connectivity index (χ4n) is 3.12. The number of anilines is 1. The van der Waals surface area contributed by atoms with Crippen LogP contribution in [0, 0.1) is 0 Å². The van der Waals surface area contributed by atoms with Crippen LogP contribution in [0.2, 0.25) is 0 Å². The highest BCUT2D eigenvalue weighted by Gasteiger charge is 2.24. The Morgan fingerprint density at radius 3 is 2.80 bits per heavy atom. The zero-order valence-electron chi connectivity index (χ0n) is 14.9. The van der Waals surface area contributed by atoms with Crippen molar-refractivity contribution in [3.05, 3.63) is 59.0 Å². The maximum atomic E-state index is 12.7. The number of carboxylic acids is 1. The SMILES string of the molecule is O=C(Nc1scc(-c2cc3cccc(O)c3o2)c1C(=O)O)c1ccc2snnc2c1. The first-order valence-electron chi connectivity index (χ1n) is 8.61. The Morgan fingerprint density at radius 1 is 1.13 bits per heavy atom. The van der Waals surface area contributed by atoms with Crippen molar-refractivity contribution >= 4 is 60.9 Å². The van der Waals surface area contributed by atoms with Crippen LogP contribution < -0.4 is 5.32 Å². The van der Waals surface area contributed by atoms with Gasteiger partial charge in [-0.3, -0.25) is 4.79 Å². The van der Waals surface area contributed by atoms with Crippen molar-refractivity contribution in [2.75, 3.05) is 5.32 Å². The average molecular weight is 437 g/mol. The minimum atomic E-state index is -1.20. The number of rotatable bonds is 4. The second-order valence-corrected chi connectivity index (χ2v) is 8.04. The van der Waals surface area contributed by atoms with E-state index in [1.165, 1.54) is 17.6 Å².